The van der Waals surface area contributed by atoms with Crippen molar-refractivity contribution in [2.24, 2.45) is 11.1 Å². The van der Waals surface area contributed by atoms with Gasteiger partial charge in [-0.3, -0.25) is 9.59 Å². The Morgan fingerprint density at radius 2 is 1.96 bits per heavy atom. The lowest BCUT2D eigenvalue weighted by Crippen LogP contribution is -2.32. The van der Waals surface area contributed by atoms with Crippen LogP contribution in [0.5, 0.6) is 0 Å². The van der Waals surface area contributed by atoms with Crippen LogP contribution in [0.4, 0.5) is 0 Å². The number of ether oxygens (including phenoxy) is 1. The molecule has 0 atom stereocenters. The number of fused-ring (bicyclic) bond motifs is 1. The van der Waals surface area contributed by atoms with Gasteiger partial charge in [0, 0.05) is 30.1 Å². The number of ketones is 1. The van der Waals surface area contributed by atoms with Crippen molar-refractivity contribution in [1.82, 2.24) is 4.57 Å². The van der Waals surface area contributed by atoms with E-state index >= 15 is 0 Å². The molecule has 5 nitrogen and oxygen atoms in total. The highest BCUT2D eigenvalue weighted by Gasteiger charge is 2.39. The number of carbonyl (C=O) groups is 2. The molecule has 0 bridgehead atoms. The molecule has 1 aromatic carbocycles. The maximum absolute atomic E-state index is 12.8. The van der Waals surface area contributed by atoms with Gasteiger partial charge in [-0.15, -0.1) is 0 Å². The fourth-order valence-electron chi connectivity index (χ4n) is 3.27. The van der Waals surface area contributed by atoms with E-state index < -0.39 is 11.3 Å². The van der Waals surface area contributed by atoms with Gasteiger partial charge in [0.25, 0.3) is 5.91 Å². The zero-order valence-corrected chi connectivity index (χ0v) is 14.3. The summed E-state index contributed by atoms with van der Waals surface area (Å²) in [7, 11) is 1.66. The first-order chi connectivity index (χ1) is 11.3. The molecule has 0 saturated carbocycles. The standard InChI is InChI=1S/C19H22N2O3/c1-19(2)9-8-15-16(17(19)22)14(18(20)23)10-21(15)13-6-4-12(5-7-13)11-24-3/h4-7,10H,8-9,11H2,1-3H3,(H2,20,23). The molecule has 2 N–H and O–H groups in total. The van der Waals surface area contributed by atoms with E-state index in [1.165, 1.54) is 0 Å². The average Bonchev–Trinajstić information content (AvgIpc) is 2.92. The van der Waals surface area contributed by atoms with Gasteiger partial charge < -0.3 is 15.0 Å². The van der Waals surface area contributed by atoms with Crippen molar-refractivity contribution in [2.75, 3.05) is 7.11 Å². The molecular formula is C19H22N2O3. The molecule has 1 aliphatic rings. The lowest BCUT2D eigenvalue weighted by Gasteiger charge is -2.29. The zero-order valence-electron chi connectivity index (χ0n) is 14.3. The average molecular weight is 326 g/mol. The summed E-state index contributed by atoms with van der Waals surface area (Å²) in [6.45, 7) is 4.38. The molecule has 0 fully saturated rings. The second-order valence-corrected chi connectivity index (χ2v) is 6.91. The number of hydrogen-bond donors (Lipinski definition) is 1. The third kappa shape index (κ3) is 2.65. The number of primary amides is 1. The van der Waals surface area contributed by atoms with Gasteiger partial charge in [-0.2, -0.15) is 0 Å². The summed E-state index contributed by atoms with van der Waals surface area (Å²) in [4.78, 5) is 24.7. The second-order valence-electron chi connectivity index (χ2n) is 6.91. The first kappa shape index (κ1) is 16.5. The van der Waals surface area contributed by atoms with Crippen LogP contribution >= 0.6 is 0 Å². The number of Topliss-reactive ketones (excluding diaryl/α,β-unsaturated/α-hetero) is 1. The highest BCUT2D eigenvalue weighted by molar-refractivity contribution is 6.11. The van der Waals surface area contributed by atoms with Gasteiger partial charge in [-0.05, 0) is 30.5 Å². The van der Waals surface area contributed by atoms with Gasteiger partial charge in [-0.25, -0.2) is 0 Å². The maximum atomic E-state index is 12.8. The molecule has 0 aliphatic heterocycles. The largest absolute Gasteiger partial charge is 0.380 e. The molecule has 0 spiro atoms. The van der Waals surface area contributed by atoms with Gasteiger partial charge in [0.05, 0.1) is 17.7 Å². The molecule has 3 rings (SSSR count). The Morgan fingerprint density at radius 3 is 2.54 bits per heavy atom. The minimum atomic E-state index is -0.563. The Labute approximate surface area is 141 Å². The fourth-order valence-corrected chi connectivity index (χ4v) is 3.27. The Hall–Kier alpha value is -2.40. The number of hydrogen-bond acceptors (Lipinski definition) is 3. The van der Waals surface area contributed by atoms with E-state index in [-0.39, 0.29) is 5.78 Å². The number of methoxy groups -OCH3 is 1. The van der Waals surface area contributed by atoms with Crippen LogP contribution in [0.3, 0.4) is 0 Å². The number of rotatable bonds is 4. The van der Waals surface area contributed by atoms with Crippen LogP contribution in [0.2, 0.25) is 0 Å². The Kier molecular flexibility index (Phi) is 4.05. The van der Waals surface area contributed by atoms with Crippen LogP contribution in [0, 0.1) is 5.41 Å². The van der Waals surface area contributed by atoms with Crippen molar-refractivity contribution in [3.8, 4) is 5.69 Å². The summed E-state index contributed by atoms with van der Waals surface area (Å²) < 4.78 is 7.04. The minimum absolute atomic E-state index is 0.00713. The summed E-state index contributed by atoms with van der Waals surface area (Å²) in [5.74, 6) is -0.570. The first-order valence-electron chi connectivity index (χ1n) is 8.02. The van der Waals surface area contributed by atoms with E-state index in [4.69, 9.17) is 10.5 Å². The molecular weight excluding hydrogens is 304 g/mol. The van der Waals surface area contributed by atoms with Crippen molar-refractivity contribution in [1.29, 1.82) is 0 Å². The third-order valence-electron chi connectivity index (χ3n) is 4.73. The molecule has 0 radical (unpaired) electrons. The minimum Gasteiger partial charge on any atom is -0.380 e. The maximum Gasteiger partial charge on any atom is 0.251 e. The van der Waals surface area contributed by atoms with E-state index in [9.17, 15) is 9.59 Å². The van der Waals surface area contributed by atoms with Gasteiger partial charge in [0.15, 0.2) is 5.78 Å². The monoisotopic (exact) mass is 326 g/mol. The number of nitrogens with zero attached hydrogens (tertiary/aromatic N) is 1. The molecule has 1 aliphatic carbocycles. The van der Waals surface area contributed by atoms with E-state index in [1.54, 1.807) is 13.3 Å². The third-order valence-corrected chi connectivity index (χ3v) is 4.73. The lowest BCUT2D eigenvalue weighted by atomic mass is 9.74. The van der Waals surface area contributed by atoms with Crippen molar-refractivity contribution in [2.45, 2.75) is 33.3 Å². The molecule has 1 heterocycles. The molecule has 0 unspecified atom stereocenters. The predicted molar refractivity (Wildman–Crippen MR) is 91.4 cm³/mol. The van der Waals surface area contributed by atoms with Crippen LogP contribution < -0.4 is 5.73 Å². The van der Waals surface area contributed by atoms with E-state index in [2.05, 4.69) is 0 Å². The Morgan fingerprint density at radius 1 is 1.29 bits per heavy atom. The van der Waals surface area contributed by atoms with Crippen LogP contribution in [0.15, 0.2) is 30.5 Å². The van der Waals surface area contributed by atoms with Crippen LogP contribution in [-0.2, 0) is 17.8 Å². The quantitative estimate of drug-likeness (QED) is 0.939. The van der Waals surface area contributed by atoms with Crippen molar-refractivity contribution >= 4 is 11.7 Å². The molecule has 2 aromatic rings. The molecule has 24 heavy (non-hydrogen) atoms. The summed E-state index contributed by atoms with van der Waals surface area (Å²) >= 11 is 0. The van der Waals surface area contributed by atoms with Crippen molar-refractivity contribution in [3.05, 3.63) is 52.8 Å². The lowest BCUT2D eigenvalue weighted by molar-refractivity contribution is 0.0804. The fraction of sp³-hybridized carbons (Fsp3) is 0.368. The normalized spacial score (nSPS) is 16.0. The number of carbonyl (C=O) groups excluding carboxylic acids is 2. The summed E-state index contributed by atoms with van der Waals surface area (Å²) in [5, 5.41) is 0. The van der Waals surface area contributed by atoms with Crippen molar-refractivity contribution < 1.29 is 14.3 Å². The van der Waals surface area contributed by atoms with Gasteiger partial charge in [-0.1, -0.05) is 26.0 Å². The SMILES string of the molecule is COCc1ccc(-n2cc(C(N)=O)c3c2CCC(C)(C)C3=O)cc1. The molecule has 0 saturated heterocycles. The van der Waals surface area contributed by atoms with Crippen LogP contribution in [0.25, 0.3) is 5.69 Å². The molecule has 1 aromatic heterocycles. The Bertz CT molecular complexity index is 801. The number of amides is 1. The van der Waals surface area contributed by atoms with Crippen molar-refractivity contribution in [3.63, 3.8) is 0 Å². The van der Waals surface area contributed by atoms with Crippen LogP contribution in [-0.4, -0.2) is 23.4 Å². The number of nitrogens with two attached hydrogens (primary N) is 1. The van der Waals surface area contributed by atoms with E-state index in [1.807, 2.05) is 42.7 Å². The molecule has 1 amide bonds. The summed E-state index contributed by atoms with van der Waals surface area (Å²) in [6, 6.07) is 7.88. The summed E-state index contributed by atoms with van der Waals surface area (Å²) in [5.41, 5.74) is 8.69. The highest BCUT2D eigenvalue weighted by atomic mass is 16.5. The predicted octanol–water partition coefficient (Wildman–Crippen LogP) is 2.88. The highest BCUT2D eigenvalue weighted by Crippen LogP contribution is 2.38. The van der Waals surface area contributed by atoms with E-state index in [0.29, 0.717) is 17.7 Å². The van der Waals surface area contributed by atoms with Crippen LogP contribution in [0.1, 0.15) is 52.2 Å². The van der Waals surface area contributed by atoms with Gasteiger partial charge in [0.2, 0.25) is 0 Å². The van der Waals surface area contributed by atoms with Gasteiger partial charge in [0.1, 0.15) is 0 Å². The number of aromatic nitrogens is 1. The van der Waals surface area contributed by atoms with E-state index in [0.717, 1.165) is 29.8 Å². The zero-order chi connectivity index (χ0) is 17.5. The second kappa shape index (κ2) is 5.91. The summed E-state index contributed by atoms with van der Waals surface area (Å²) in [6.07, 6.45) is 3.18. The first-order valence-corrected chi connectivity index (χ1v) is 8.02. The molecule has 126 valence electrons. The Balaban J connectivity index is 2.12. The number of benzene rings is 1. The smallest absolute Gasteiger partial charge is 0.251 e. The topological polar surface area (TPSA) is 74.3 Å². The molecule has 5 heteroatoms. The van der Waals surface area contributed by atoms with Gasteiger partial charge >= 0.3 is 0 Å².